The number of hydrogen-bond acceptors (Lipinski definition) is 2. The van der Waals surface area contributed by atoms with Gasteiger partial charge in [0.05, 0.1) is 12.0 Å². The molecule has 1 saturated heterocycles. The fourth-order valence-electron chi connectivity index (χ4n) is 5.98. The minimum Gasteiger partial charge on any atom is -0.302 e. The van der Waals surface area contributed by atoms with Crippen molar-refractivity contribution in [3.63, 3.8) is 0 Å². The lowest BCUT2D eigenvalue weighted by atomic mass is 9.51. The molecule has 5 aliphatic rings. The van der Waals surface area contributed by atoms with E-state index in [1.807, 2.05) is 0 Å². The molecule has 0 aromatic rings. The van der Waals surface area contributed by atoms with E-state index < -0.39 is 0 Å². The summed E-state index contributed by atoms with van der Waals surface area (Å²) in [6.45, 7) is 3.49. The zero-order valence-corrected chi connectivity index (χ0v) is 11.9. The Morgan fingerprint density at radius 3 is 2.26 bits per heavy atom. The Morgan fingerprint density at radius 2 is 1.68 bits per heavy atom. The van der Waals surface area contributed by atoms with Gasteiger partial charge in [-0.3, -0.25) is 0 Å². The second kappa shape index (κ2) is 4.77. The van der Waals surface area contributed by atoms with Crippen LogP contribution >= 0.6 is 0 Å². The Hall–Kier alpha value is -0.550. The van der Waals surface area contributed by atoms with Gasteiger partial charge in [0.2, 0.25) is 0 Å². The number of nitrogens with zero attached hydrogens (tertiary/aromatic N) is 2. The van der Waals surface area contributed by atoms with Gasteiger partial charge in [0.15, 0.2) is 0 Å². The molecule has 2 nitrogen and oxygen atoms in total. The summed E-state index contributed by atoms with van der Waals surface area (Å²) in [5.41, 5.74) is 0. The van der Waals surface area contributed by atoms with Crippen LogP contribution in [0.3, 0.4) is 0 Å². The van der Waals surface area contributed by atoms with Gasteiger partial charge < -0.3 is 4.90 Å². The van der Waals surface area contributed by atoms with Crippen LogP contribution in [0.4, 0.5) is 0 Å². The van der Waals surface area contributed by atoms with E-state index in [2.05, 4.69) is 11.0 Å². The zero-order valence-electron chi connectivity index (χ0n) is 11.9. The van der Waals surface area contributed by atoms with E-state index in [0.717, 1.165) is 42.6 Å². The molecule has 0 amide bonds. The first-order valence-electron chi connectivity index (χ1n) is 8.43. The molecular weight excluding hydrogens is 232 g/mol. The Kier molecular flexibility index (Phi) is 3.07. The number of likely N-dealkylation sites (tertiary alicyclic amines) is 1. The van der Waals surface area contributed by atoms with Gasteiger partial charge in [0.1, 0.15) is 0 Å². The Labute approximate surface area is 117 Å². The summed E-state index contributed by atoms with van der Waals surface area (Å²) in [4.78, 5) is 2.55. The van der Waals surface area contributed by atoms with Crippen LogP contribution < -0.4 is 0 Å². The first-order valence-corrected chi connectivity index (χ1v) is 8.43. The third-order valence-electron chi connectivity index (χ3n) is 6.66. The van der Waals surface area contributed by atoms with Crippen molar-refractivity contribution < 1.29 is 0 Å². The van der Waals surface area contributed by atoms with E-state index in [4.69, 9.17) is 5.26 Å². The van der Waals surface area contributed by atoms with Crippen LogP contribution in [0.5, 0.6) is 0 Å². The normalized spacial score (nSPS) is 48.6. The Morgan fingerprint density at radius 1 is 1.00 bits per heavy atom. The summed E-state index contributed by atoms with van der Waals surface area (Å²) in [5, 5.41) is 8.99. The standard InChI is InChI=1S/C17H26N2/c18-10-12-1-3-19(11-12)4-2-17-15-6-13-5-14(8-15)9-16(17)7-13/h12-17H,1-9,11H2. The van der Waals surface area contributed by atoms with Crippen molar-refractivity contribution in [1.82, 2.24) is 4.90 Å². The van der Waals surface area contributed by atoms with Crippen LogP contribution in [0.1, 0.15) is 44.9 Å². The topological polar surface area (TPSA) is 27.0 Å². The van der Waals surface area contributed by atoms with Crippen molar-refractivity contribution in [2.24, 2.45) is 35.5 Å². The second-order valence-corrected chi connectivity index (χ2v) is 7.80. The van der Waals surface area contributed by atoms with Crippen LogP contribution in [0.2, 0.25) is 0 Å². The molecule has 1 atom stereocenters. The van der Waals surface area contributed by atoms with Crippen molar-refractivity contribution in [1.29, 1.82) is 5.26 Å². The van der Waals surface area contributed by atoms with Gasteiger partial charge >= 0.3 is 0 Å². The maximum atomic E-state index is 8.99. The van der Waals surface area contributed by atoms with Gasteiger partial charge in [-0.2, -0.15) is 5.26 Å². The molecule has 19 heavy (non-hydrogen) atoms. The monoisotopic (exact) mass is 258 g/mol. The van der Waals surface area contributed by atoms with Crippen LogP contribution in [0.15, 0.2) is 0 Å². The average Bonchev–Trinajstić information content (AvgIpc) is 2.85. The SMILES string of the molecule is N#CC1CCN(CCC2C3CC4CC(C3)CC2C4)C1. The van der Waals surface area contributed by atoms with E-state index in [1.54, 1.807) is 32.1 Å². The van der Waals surface area contributed by atoms with Crippen molar-refractivity contribution in [2.75, 3.05) is 19.6 Å². The number of rotatable bonds is 3. The molecule has 1 heterocycles. The van der Waals surface area contributed by atoms with E-state index in [1.165, 1.54) is 19.5 Å². The largest absolute Gasteiger partial charge is 0.302 e. The smallest absolute Gasteiger partial charge is 0.0669 e. The highest BCUT2D eigenvalue weighted by molar-refractivity contribution is 4.98. The first kappa shape index (κ1) is 12.2. The lowest BCUT2D eigenvalue weighted by Crippen LogP contribution is -2.45. The third-order valence-corrected chi connectivity index (χ3v) is 6.66. The van der Waals surface area contributed by atoms with E-state index in [0.29, 0.717) is 5.92 Å². The number of nitriles is 1. The highest BCUT2D eigenvalue weighted by Gasteiger charge is 2.47. The zero-order chi connectivity index (χ0) is 12.8. The van der Waals surface area contributed by atoms with Crippen molar-refractivity contribution >= 4 is 0 Å². The van der Waals surface area contributed by atoms with Crippen LogP contribution in [0.25, 0.3) is 0 Å². The van der Waals surface area contributed by atoms with Crippen LogP contribution in [-0.4, -0.2) is 24.5 Å². The third kappa shape index (κ3) is 2.21. The summed E-state index contributed by atoms with van der Waals surface area (Å²) in [5.74, 6) is 5.71. The minimum absolute atomic E-state index is 0.318. The molecule has 4 aliphatic carbocycles. The predicted octanol–water partition coefficient (Wildman–Crippen LogP) is 3.29. The van der Waals surface area contributed by atoms with Crippen LogP contribution in [-0.2, 0) is 0 Å². The highest BCUT2D eigenvalue weighted by atomic mass is 15.1. The minimum atomic E-state index is 0.318. The molecule has 1 unspecified atom stereocenters. The summed E-state index contributed by atoms with van der Waals surface area (Å²) in [6, 6.07) is 2.44. The Bertz CT molecular complexity index is 355. The van der Waals surface area contributed by atoms with E-state index in [9.17, 15) is 0 Å². The first-order chi connectivity index (χ1) is 9.31. The quantitative estimate of drug-likeness (QED) is 0.776. The van der Waals surface area contributed by atoms with Crippen LogP contribution in [0, 0.1) is 46.8 Å². The molecule has 4 bridgehead atoms. The summed E-state index contributed by atoms with van der Waals surface area (Å²) in [7, 11) is 0. The molecule has 104 valence electrons. The van der Waals surface area contributed by atoms with Crippen molar-refractivity contribution in [2.45, 2.75) is 44.9 Å². The molecule has 0 spiro atoms. The average molecular weight is 258 g/mol. The molecule has 4 saturated carbocycles. The molecule has 2 heteroatoms. The molecule has 0 radical (unpaired) electrons. The summed E-state index contributed by atoms with van der Waals surface area (Å²) < 4.78 is 0. The lowest BCUT2D eigenvalue weighted by Gasteiger charge is -2.54. The van der Waals surface area contributed by atoms with E-state index >= 15 is 0 Å². The van der Waals surface area contributed by atoms with Gasteiger partial charge in [-0.1, -0.05) is 0 Å². The summed E-state index contributed by atoms with van der Waals surface area (Å²) >= 11 is 0. The fraction of sp³-hybridized carbons (Fsp3) is 0.941. The molecule has 0 N–H and O–H groups in total. The maximum Gasteiger partial charge on any atom is 0.0669 e. The molecular formula is C17H26N2. The van der Waals surface area contributed by atoms with Gasteiger partial charge in [-0.25, -0.2) is 0 Å². The van der Waals surface area contributed by atoms with Crippen molar-refractivity contribution in [3.8, 4) is 6.07 Å². The predicted molar refractivity (Wildman–Crippen MR) is 75.3 cm³/mol. The number of hydrogen-bond donors (Lipinski definition) is 0. The second-order valence-electron chi connectivity index (χ2n) is 7.80. The molecule has 0 aromatic carbocycles. The fourth-order valence-corrected chi connectivity index (χ4v) is 5.98. The van der Waals surface area contributed by atoms with Crippen molar-refractivity contribution in [3.05, 3.63) is 0 Å². The lowest BCUT2D eigenvalue weighted by molar-refractivity contribution is -0.0420. The highest BCUT2D eigenvalue weighted by Crippen LogP contribution is 2.57. The van der Waals surface area contributed by atoms with Gasteiger partial charge in [-0.05, 0) is 87.6 Å². The Balaban J connectivity index is 1.33. The molecule has 5 fully saturated rings. The maximum absolute atomic E-state index is 8.99. The molecule has 5 rings (SSSR count). The van der Waals surface area contributed by atoms with E-state index in [-0.39, 0.29) is 0 Å². The van der Waals surface area contributed by atoms with Gasteiger partial charge in [0, 0.05) is 6.54 Å². The molecule has 0 aromatic heterocycles. The van der Waals surface area contributed by atoms with Gasteiger partial charge in [-0.15, -0.1) is 0 Å². The molecule has 1 aliphatic heterocycles. The summed E-state index contributed by atoms with van der Waals surface area (Å²) in [6.07, 6.45) is 10.3. The van der Waals surface area contributed by atoms with Gasteiger partial charge in [0.25, 0.3) is 0 Å².